The van der Waals surface area contributed by atoms with Gasteiger partial charge in [-0.3, -0.25) is 4.79 Å². The van der Waals surface area contributed by atoms with Gasteiger partial charge in [0.1, 0.15) is 17.2 Å². The highest BCUT2D eigenvalue weighted by molar-refractivity contribution is 5.79. The van der Waals surface area contributed by atoms with Crippen LogP contribution in [0.4, 0.5) is 4.39 Å². The molecular weight excluding hydrogens is 271 g/mol. The van der Waals surface area contributed by atoms with Crippen molar-refractivity contribution < 1.29 is 13.6 Å². The number of amides is 1. The van der Waals surface area contributed by atoms with Crippen LogP contribution in [0.15, 0.2) is 28.7 Å². The Morgan fingerprint density at radius 2 is 2.38 bits per heavy atom. The van der Waals surface area contributed by atoms with Gasteiger partial charge in [0.05, 0.1) is 6.04 Å². The van der Waals surface area contributed by atoms with Gasteiger partial charge in [-0.25, -0.2) is 4.39 Å². The Bertz CT molecular complexity index is 647. The molecule has 2 heterocycles. The zero-order chi connectivity index (χ0) is 14.8. The van der Waals surface area contributed by atoms with Crippen LogP contribution < -0.4 is 10.6 Å². The van der Waals surface area contributed by atoms with Crippen molar-refractivity contribution in [1.29, 1.82) is 0 Å². The Morgan fingerprint density at radius 3 is 3.14 bits per heavy atom. The van der Waals surface area contributed by atoms with E-state index in [0.717, 1.165) is 19.5 Å². The van der Waals surface area contributed by atoms with Crippen LogP contribution in [0.25, 0.3) is 11.0 Å². The van der Waals surface area contributed by atoms with Gasteiger partial charge in [-0.15, -0.1) is 0 Å². The van der Waals surface area contributed by atoms with Crippen LogP contribution in [0.2, 0.25) is 0 Å². The molecule has 1 amide bonds. The monoisotopic (exact) mass is 290 g/mol. The summed E-state index contributed by atoms with van der Waals surface area (Å²) in [5.74, 6) is 0.804. The third-order valence-electron chi connectivity index (χ3n) is 3.94. The Labute approximate surface area is 122 Å². The van der Waals surface area contributed by atoms with Crippen LogP contribution in [0.1, 0.15) is 31.6 Å². The quantitative estimate of drug-likeness (QED) is 0.910. The number of hydrogen-bond acceptors (Lipinski definition) is 3. The third-order valence-corrected chi connectivity index (χ3v) is 3.94. The average molecular weight is 290 g/mol. The Morgan fingerprint density at radius 1 is 1.52 bits per heavy atom. The second-order valence-electron chi connectivity index (χ2n) is 5.68. The molecule has 3 rings (SSSR count). The fourth-order valence-electron chi connectivity index (χ4n) is 2.77. The summed E-state index contributed by atoms with van der Waals surface area (Å²) in [4.78, 5) is 12.0. The van der Waals surface area contributed by atoms with E-state index in [4.69, 9.17) is 4.42 Å². The molecule has 21 heavy (non-hydrogen) atoms. The van der Waals surface area contributed by atoms with Gasteiger partial charge in [0, 0.05) is 11.8 Å². The van der Waals surface area contributed by atoms with Crippen LogP contribution in [-0.4, -0.2) is 19.0 Å². The SMILES string of the molecule is C[C@@H](NC(=O)C[C@H]1CCNC1)c1cc2cc(F)ccc2o1. The number of hydrogen-bond donors (Lipinski definition) is 2. The molecule has 0 saturated carbocycles. The lowest BCUT2D eigenvalue weighted by Crippen LogP contribution is -2.28. The molecule has 0 unspecified atom stereocenters. The zero-order valence-electron chi connectivity index (χ0n) is 12.0. The molecule has 2 N–H and O–H groups in total. The molecule has 5 heteroatoms. The van der Waals surface area contributed by atoms with Gasteiger partial charge in [-0.2, -0.15) is 0 Å². The van der Waals surface area contributed by atoms with Crippen LogP contribution in [0.3, 0.4) is 0 Å². The summed E-state index contributed by atoms with van der Waals surface area (Å²) in [5, 5.41) is 6.91. The fourth-order valence-corrected chi connectivity index (χ4v) is 2.77. The van der Waals surface area contributed by atoms with E-state index >= 15 is 0 Å². The standard InChI is InChI=1S/C16H19FN2O2/c1-10(19-16(20)6-11-4-5-18-9-11)15-8-12-7-13(17)2-3-14(12)21-15/h2-3,7-8,10-11,18H,4-6,9H2,1H3,(H,19,20)/t10-,11-/m1/s1. The molecule has 0 bridgehead atoms. The molecule has 112 valence electrons. The van der Waals surface area contributed by atoms with Crippen molar-refractivity contribution in [2.45, 2.75) is 25.8 Å². The van der Waals surface area contributed by atoms with Gasteiger partial charge < -0.3 is 15.1 Å². The predicted molar refractivity (Wildman–Crippen MR) is 78.3 cm³/mol. The van der Waals surface area contributed by atoms with Crippen LogP contribution >= 0.6 is 0 Å². The molecule has 4 nitrogen and oxygen atoms in total. The van der Waals surface area contributed by atoms with E-state index in [9.17, 15) is 9.18 Å². The smallest absolute Gasteiger partial charge is 0.220 e. The molecule has 2 aromatic rings. The molecule has 2 atom stereocenters. The van der Waals surface area contributed by atoms with E-state index in [0.29, 0.717) is 29.1 Å². The topological polar surface area (TPSA) is 54.3 Å². The second kappa shape index (κ2) is 5.85. The summed E-state index contributed by atoms with van der Waals surface area (Å²) in [7, 11) is 0. The molecule has 1 aromatic carbocycles. The van der Waals surface area contributed by atoms with Gasteiger partial charge >= 0.3 is 0 Å². The van der Waals surface area contributed by atoms with Crippen LogP contribution in [0.5, 0.6) is 0 Å². The summed E-state index contributed by atoms with van der Waals surface area (Å²) < 4.78 is 18.8. The fraction of sp³-hybridized carbons (Fsp3) is 0.438. The number of halogens is 1. The molecule has 0 aliphatic carbocycles. The number of carbonyl (C=O) groups is 1. The van der Waals surface area contributed by atoms with Crippen molar-refractivity contribution >= 4 is 16.9 Å². The summed E-state index contributed by atoms with van der Waals surface area (Å²) in [6.45, 7) is 3.77. The van der Waals surface area contributed by atoms with Gasteiger partial charge in [0.25, 0.3) is 0 Å². The maximum atomic E-state index is 13.2. The van der Waals surface area contributed by atoms with Crippen molar-refractivity contribution in [3.63, 3.8) is 0 Å². The molecule has 1 aliphatic heterocycles. The molecule has 1 aromatic heterocycles. The van der Waals surface area contributed by atoms with Gasteiger partial charge in [0.2, 0.25) is 5.91 Å². The number of carbonyl (C=O) groups excluding carboxylic acids is 1. The minimum absolute atomic E-state index is 0.0304. The molecular formula is C16H19FN2O2. The highest BCUT2D eigenvalue weighted by Gasteiger charge is 2.20. The lowest BCUT2D eigenvalue weighted by atomic mass is 10.0. The van der Waals surface area contributed by atoms with Crippen molar-refractivity contribution in [1.82, 2.24) is 10.6 Å². The zero-order valence-corrected chi connectivity index (χ0v) is 12.0. The summed E-state index contributed by atoms with van der Waals surface area (Å²) >= 11 is 0. The number of rotatable bonds is 4. The van der Waals surface area contributed by atoms with Crippen molar-refractivity contribution in [2.24, 2.45) is 5.92 Å². The van der Waals surface area contributed by atoms with E-state index in [1.54, 1.807) is 12.1 Å². The lowest BCUT2D eigenvalue weighted by Gasteiger charge is -2.13. The first-order valence-corrected chi connectivity index (χ1v) is 7.31. The lowest BCUT2D eigenvalue weighted by molar-refractivity contribution is -0.122. The van der Waals surface area contributed by atoms with E-state index < -0.39 is 0 Å². The van der Waals surface area contributed by atoms with Crippen molar-refractivity contribution in [2.75, 3.05) is 13.1 Å². The summed E-state index contributed by atoms with van der Waals surface area (Å²) in [6.07, 6.45) is 1.58. The van der Waals surface area contributed by atoms with Crippen LogP contribution in [-0.2, 0) is 4.79 Å². The third kappa shape index (κ3) is 3.24. The van der Waals surface area contributed by atoms with Crippen LogP contribution in [0, 0.1) is 11.7 Å². The Hall–Kier alpha value is -1.88. The normalized spacial score (nSPS) is 19.8. The van der Waals surface area contributed by atoms with E-state index in [2.05, 4.69) is 10.6 Å². The largest absolute Gasteiger partial charge is 0.459 e. The first kappa shape index (κ1) is 14.1. The summed E-state index contributed by atoms with van der Waals surface area (Å²) in [5.41, 5.74) is 0.632. The number of furan rings is 1. The molecule has 0 radical (unpaired) electrons. The van der Waals surface area contributed by atoms with Gasteiger partial charge in [0.15, 0.2) is 0 Å². The molecule has 1 fully saturated rings. The number of fused-ring (bicyclic) bond motifs is 1. The maximum Gasteiger partial charge on any atom is 0.220 e. The molecule has 0 spiro atoms. The predicted octanol–water partition coefficient (Wildman–Crippen LogP) is 2.75. The Kier molecular flexibility index (Phi) is 3.92. The summed E-state index contributed by atoms with van der Waals surface area (Å²) in [6, 6.07) is 5.96. The van der Waals surface area contributed by atoms with E-state index in [1.807, 2.05) is 6.92 Å². The van der Waals surface area contributed by atoms with Gasteiger partial charge in [-0.05, 0) is 56.6 Å². The first-order valence-electron chi connectivity index (χ1n) is 7.31. The molecule has 1 aliphatic rings. The highest BCUT2D eigenvalue weighted by atomic mass is 19.1. The highest BCUT2D eigenvalue weighted by Crippen LogP contribution is 2.24. The van der Waals surface area contributed by atoms with Gasteiger partial charge in [-0.1, -0.05) is 0 Å². The number of nitrogens with one attached hydrogen (secondary N) is 2. The van der Waals surface area contributed by atoms with Crippen molar-refractivity contribution in [3.8, 4) is 0 Å². The minimum Gasteiger partial charge on any atom is -0.459 e. The first-order chi connectivity index (χ1) is 10.1. The number of benzene rings is 1. The van der Waals surface area contributed by atoms with E-state index in [-0.39, 0.29) is 17.8 Å². The van der Waals surface area contributed by atoms with Crippen molar-refractivity contribution in [3.05, 3.63) is 35.8 Å². The minimum atomic E-state index is -0.291. The Balaban J connectivity index is 1.65. The second-order valence-corrected chi connectivity index (χ2v) is 5.68. The maximum absolute atomic E-state index is 13.2. The van der Waals surface area contributed by atoms with E-state index in [1.165, 1.54) is 12.1 Å². The molecule has 1 saturated heterocycles. The average Bonchev–Trinajstić information content (AvgIpc) is 3.06.